The van der Waals surface area contributed by atoms with Crippen LogP contribution in [0.25, 0.3) is 0 Å². The zero-order chi connectivity index (χ0) is 11.3. The third-order valence-corrected chi connectivity index (χ3v) is 2.96. The van der Waals surface area contributed by atoms with Gasteiger partial charge in [0.15, 0.2) is 0 Å². The van der Waals surface area contributed by atoms with Crippen LogP contribution in [0.5, 0.6) is 0 Å². The fraction of sp³-hybridized carbons (Fsp3) is 0.500. The molecule has 1 heterocycles. The van der Waals surface area contributed by atoms with E-state index >= 15 is 0 Å². The molecule has 1 aromatic heterocycles. The molecule has 84 valence electrons. The maximum Gasteiger partial charge on any atom is 0.0960 e. The molecular weight excluding hydrogens is 214 g/mol. The van der Waals surface area contributed by atoms with Crippen molar-refractivity contribution in [1.29, 1.82) is 0 Å². The SMILES string of the molecule is CC(O)c1ccc(SCC(O)CO)nc1. The maximum atomic E-state index is 9.25. The minimum absolute atomic E-state index is 0.237. The van der Waals surface area contributed by atoms with Gasteiger partial charge in [0.1, 0.15) is 0 Å². The van der Waals surface area contributed by atoms with E-state index in [2.05, 4.69) is 4.98 Å². The number of hydrogen-bond acceptors (Lipinski definition) is 5. The van der Waals surface area contributed by atoms with E-state index in [1.165, 1.54) is 11.8 Å². The van der Waals surface area contributed by atoms with Crippen LogP contribution in [0, 0.1) is 0 Å². The fourth-order valence-corrected chi connectivity index (χ4v) is 1.72. The summed E-state index contributed by atoms with van der Waals surface area (Å²) in [5.41, 5.74) is 0.766. The second-order valence-corrected chi connectivity index (χ2v) is 4.29. The first-order valence-electron chi connectivity index (χ1n) is 4.69. The highest BCUT2D eigenvalue weighted by Crippen LogP contribution is 2.18. The van der Waals surface area contributed by atoms with Crippen molar-refractivity contribution in [3.05, 3.63) is 23.9 Å². The molecule has 15 heavy (non-hydrogen) atoms. The predicted octanol–water partition coefficient (Wildman–Crippen LogP) is 0.580. The van der Waals surface area contributed by atoms with Crippen molar-refractivity contribution < 1.29 is 15.3 Å². The van der Waals surface area contributed by atoms with Gasteiger partial charge in [-0.1, -0.05) is 6.07 Å². The summed E-state index contributed by atoms with van der Waals surface area (Å²) in [6.07, 6.45) is 0.381. The lowest BCUT2D eigenvalue weighted by Gasteiger charge is -2.07. The molecule has 0 aliphatic rings. The first-order chi connectivity index (χ1) is 7.13. The van der Waals surface area contributed by atoms with E-state index in [9.17, 15) is 5.11 Å². The summed E-state index contributed by atoms with van der Waals surface area (Å²) in [5.74, 6) is 0.414. The molecule has 2 atom stereocenters. The maximum absolute atomic E-state index is 9.25. The van der Waals surface area contributed by atoms with E-state index in [-0.39, 0.29) is 6.61 Å². The molecule has 0 saturated heterocycles. The van der Waals surface area contributed by atoms with Gasteiger partial charge in [0, 0.05) is 11.9 Å². The largest absolute Gasteiger partial charge is 0.394 e. The van der Waals surface area contributed by atoms with Crippen LogP contribution in [0.1, 0.15) is 18.6 Å². The molecule has 3 N–H and O–H groups in total. The summed E-state index contributed by atoms with van der Waals surface area (Å²) >= 11 is 1.37. The third-order valence-electron chi connectivity index (χ3n) is 1.88. The highest BCUT2D eigenvalue weighted by molar-refractivity contribution is 7.99. The van der Waals surface area contributed by atoms with Gasteiger partial charge in [-0.15, -0.1) is 11.8 Å². The van der Waals surface area contributed by atoms with Crippen molar-refractivity contribution in [3.8, 4) is 0 Å². The standard InChI is InChI=1S/C10H15NO3S/c1-7(13)8-2-3-10(11-4-8)15-6-9(14)5-12/h2-4,7,9,12-14H,5-6H2,1H3. The predicted molar refractivity (Wildman–Crippen MR) is 58.7 cm³/mol. The van der Waals surface area contributed by atoms with Crippen molar-refractivity contribution in [2.45, 2.75) is 24.2 Å². The smallest absolute Gasteiger partial charge is 0.0960 e. The number of pyridine rings is 1. The van der Waals surface area contributed by atoms with Crippen molar-refractivity contribution in [3.63, 3.8) is 0 Å². The normalized spacial score (nSPS) is 14.9. The van der Waals surface area contributed by atoms with Crippen molar-refractivity contribution in [2.75, 3.05) is 12.4 Å². The fourth-order valence-electron chi connectivity index (χ4n) is 0.959. The van der Waals surface area contributed by atoms with Gasteiger partial charge in [0.05, 0.1) is 23.8 Å². The molecular formula is C10H15NO3S. The van der Waals surface area contributed by atoms with Crippen LogP contribution in [0.15, 0.2) is 23.4 Å². The van der Waals surface area contributed by atoms with Gasteiger partial charge in [-0.2, -0.15) is 0 Å². The highest BCUT2D eigenvalue weighted by atomic mass is 32.2. The average Bonchev–Trinajstić information content (AvgIpc) is 2.26. The van der Waals surface area contributed by atoms with E-state index in [1.54, 1.807) is 25.3 Å². The quantitative estimate of drug-likeness (QED) is 0.644. The van der Waals surface area contributed by atoms with E-state index in [4.69, 9.17) is 10.2 Å². The lowest BCUT2D eigenvalue weighted by atomic mass is 10.2. The highest BCUT2D eigenvalue weighted by Gasteiger charge is 2.05. The summed E-state index contributed by atoms with van der Waals surface area (Å²) in [6.45, 7) is 1.44. The van der Waals surface area contributed by atoms with Gasteiger partial charge in [-0.3, -0.25) is 0 Å². The summed E-state index contributed by atoms with van der Waals surface area (Å²) in [7, 11) is 0. The number of hydrogen-bond donors (Lipinski definition) is 3. The molecule has 0 amide bonds. The molecule has 1 rings (SSSR count). The van der Waals surface area contributed by atoms with E-state index in [0.717, 1.165) is 10.6 Å². The minimum Gasteiger partial charge on any atom is -0.394 e. The van der Waals surface area contributed by atoms with Crippen molar-refractivity contribution in [1.82, 2.24) is 4.98 Å². The molecule has 0 aliphatic carbocycles. The number of thioether (sulfide) groups is 1. The minimum atomic E-state index is -0.715. The lowest BCUT2D eigenvalue weighted by Crippen LogP contribution is -2.14. The second-order valence-electron chi connectivity index (χ2n) is 3.25. The van der Waals surface area contributed by atoms with Crippen LogP contribution in [0.2, 0.25) is 0 Å². The Morgan fingerprint density at radius 2 is 2.13 bits per heavy atom. The first kappa shape index (κ1) is 12.4. The molecule has 0 radical (unpaired) electrons. The van der Waals surface area contributed by atoms with Gasteiger partial charge in [0.2, 0.25) is 0 Å². The Labute approximate surface area is 93.0 Å². The monoisotopic (exact) mass is 229 g/mol. The number of aromatic nitrogens is 1. The van der Waals surface area contributed by atoms with Gasteiger partial charge in [-0.05, 0) is 18.6 Å². The lowest BCUT2D eigenvalue weighted by molar-refractivity contribution is 0.113. The second kappa shape index (κ2) is 6.07. The van der Waals surface area contributed by atoms with Crippen LogP contribution in [-0.2, 0) is 0 Å². The van der Waals surface area contributed by atoms with Crippen LogP contribution in [0.3, 0.4) is 0 Å². The molecule has 2 unspecified atom stereocenters. The number of aliphatic hydroxyl groups excluding tert-OH is 3. The Kier molecular flexibility index (Phi) is 5.04. The summed E-state index contributed by atoms with van der Waals surface area (Å²) in [5, 5.41) is 27.8. The van der Waals surface area contributed by atoms with Crippen LogP contribution >= 0.6 is 11.8 Å². The molecule has 1 aromatic rings. The van der Waals surface area contributed by atoms with Crippen LogP contribution < -0.4 is 0 Å². The Bertz CT molecular complexity index is 289. The number of aliphatic hydroxyl groups is 3. The van der Waals surface area contributed by atoms with Gasteiger partial charge in [0.25, 0.3) is 0 Å². The summed E-state index contributed by atoms with van der Waals surface area (Å²) < 4.78 is 0. The van der Waals surface area contributed by atoms with E-state index < -0.39 is 12.2 Å². The molecule has 0 aromatic carbocycles. The van der Waals surface area contributed by atoms with E-state index in [1.807, 2.05) is 0 Å². The van der Waals surface area contributed by atoms with Gasteiger partial charge >= 0.3 is 0 Å². The Hall–Kier alpha value is -0.620. The topological polar surface area (TPSA) is 73.6 Å². The Balaban J connectivity index is 2.50. The molecule has 0 bridgehead atoms. The zero-order valence-electron chi connectivity index (χ0n) is 8.50. The molecule has 4 nitrogen and oxygen atoms in total. The summed E-state index contributed by atoms with van der Waals surface area (Å²) in [6, 6.07) is 3.59. The molecule has 0 fully saturated rings. The van der Waals surface area contributed by atoms with Gasteiger partial charge < -0.3 is 15.3 Å². The Morgan fingerprint density at radius 3 is 2.60 bits per heavy atom. The van der Waals surface area contributed by atoms with Gasteiger partial charge in [-0.25, -0.2) is 4.98 Å². The molecule has 0 spiro atoms. The zero-order valence-corrected chi connectivity index (χ0v) is 9.31. The first-order valence-corrected chi connectivity index (χ1v) is 5.67. The van der Waals surface area contributed by atoms with E-state index in [0.29, 0.717) is 5.75 Å². The third kappa shape index (κ3) is 4.17. The van der Waals surface area contributed by atoms with Crippen molar-refractivity contribution >= 4 is 11.8 Å². The van der Waals surface area contributed by atoms with Crippen LogP contribution in [0.4, 0.5) is 0 Å². The molecule has 0 saturated carbocycles. The Morgan fingerprint density at radius 1 is 1.40 bits per heavy atom. The van der Waals surface area contributed by atoms with Crippen molar-refractivity contribution in [2.24, 2.45) is 0 Å². The average molecular weight is 229 g/mol. The molecule has 0 aliphatic heterocycles. The number of nitrogens with zero attached hydrogens (tertiary/aromatic N) is 1. The van der Waals surface area contributed by atoms with Crippen LogP contribution in [-0.4, -0.2) is 38.8 Å². The summed E-state index contributed by atoms with van der Waals surface area (Å²) in [4.78, 5) is 4.12. The number of rotatable bonds is 5. The molecule has 5 heteroatoms.